The Hall–Kier alpha value is -3.33. The van der Waals surface area contributed by atoms with Crippen molar-refractivity contribution in [3.05, 3.63) is 53.3 Å². The number of benzene rings is 1. The number of likely N-dealkylation sites (tertiary alicyclic amines) is 1. The first kappa shape index (κ1) is 21.9. The molecule has 2 aromatic rings. The highest BCUT2D eigenvalue weighted by Gasteiger charge is 2.34. The fourth-order valence-corrected chi connectivity index (χ4v) is 3.90. The van der Waals surface area contributed by atoms with Gasteiger partial charge in [-0.25, -0.2) is 4.99 Å². The molecule has 4 rings (SSSR count). The summed E-state index contributed by atoms with van der Waals surface area (Å²) in [6.45, 7) is 2.35. The van der Waals surface area contributed by atoms with Crippen molar-refractivity contribution >= 4 is 23.9 Å². The summed E-state index contributed by atoms with van der Waals surface area (Å²) in [4.78, 5) is 36.5. The number of aromatic nitrogens is 2. The molecule has 0 spiro atoms. The minimum Gasteiger partial charge on any atom is -0.385 e. The maximum atomic E-state index is 12.8. The van der Waals surface area contributed by atoms with E-state index in [0.717, 1.165) is 25.1 Å². The Morgan fingerprint density at radius 3 is 2.69 bits per heavy atom. The molecule has 2 aliphatic heterocycles. The summed E-state index contributed by atoms with van der Waals surface area (Å²) in [6, 6.07) is 10.0. The van der Waals surface area contributed by atoms with Crippen LogP contribution in [0.5, 0.6) is 0 Å². The van der Waals surface area contributed by atoms with Crippen LogP contribution in [-0.4, -0.2) is 71.9 Å². The summed E-state index contributed by atoms with van der Waals surface area (Å²) in [5.74, 6) is 0.197. The second-order valence-corrected chi connectivity index (χ2v) is 8.00. The Morgan fingerprint density at radius 2 is 2.00 bits per heavy atom. The molecule has 0 bridgehead atoms. The molecule has 0 radical (unpaired) electrons. The molecule has 0 aliphatic carbocycles. The highest BCUT2D eigenvalue weighted by Crippen LogP contribution is 2.32. The molecule has 3 heterocycles. The molecule has 168 valence electrons. The van der Waals surface area contributed by atoms with Crippen LogP contribution < -0.4 is 5.32 Å². The van der Waals surface area contributed by atoms with Crippen molar-refractivity contribution in [2.45, 2.75) is 24.8 Å². The third-order valence-corrected chi connectivity index (χ3v) is 5.88. The van der Waals surface area contributed by atoms with Gasteiger partial charge < -0.3 is 15.0 Å². The Balaban J connectivity index is 1.41. The molecule has 1 N–H and O–H groups in total. The van der Waals surface area contributed by atoms with Gasteiger partial charge in [-0.2, -0.15) is 5.10 Å². The van der Waals surface area contributed by atoms with Crippen molar-refractivity contribution in [3.63, 3.8) is 0 Å². The number of nitrogens with zero attached hydrogens (tertiary/aromatic N) is 5. The molecule has 1 aromatic carbocycles. The molecule has 0 saturated carbocycles. The number of rotatable bonds is 9. The van der Waals surface area contributed by atoms with Gasteiger partial charge >= 0.3 is 0 Å². The molecular weight excluding hydrogens is 408 g/mol. The zero-order chi connectivity index (χ0) is 22.6. The van der Waals surface area contributed by atoms with Crippen molar-refractivity contribution in [2.75, 3.05) is 33.4 Å². The van der Waals surface area contributed by atoms with Crippen LogP contribution in [0.1, 0.15) is 45.7 Å². The van der Waals surface area contributed by atoms with Crippen molar-refractivity contribution in [1.29, 1.82) is 0 Å². The Kier molecular flexibility index (Phi) is 6.45. The molecule has 1 saturated heterocycles. The standard InChI is InChI=1S/C23H28N6O3/c1-28-20(18(15-26-28)22(31)29-12-6-13-29)21(30)24-11-9-19-25-16-23(27-19,10-14-32-2)17-7-4-3-5-8-17/h3-5,7-8,15-16H,6,9-14H2,1-2H3,(H,24,30). The number of amidine groups is 1. The number of aryl methyl sites for hydroxylation is 1. The van der Waals surface area contributed by atoms with Gasteiger partial charge in [0.1, 0.15) is 17.1 Å². The Morgan fingerprint density at radius 1 is 1.22 bits per heavy atom. The SMILES string of the molecule is COCCC1(c2ccccc2)C=NC(CCNC(=O)c2c(C(=O)N3CCC3)cnn2C)=N1. The zero-order valence-corrected chi connectivity index (χ0v) is 18.5. The molecule has 9 nitrogen and oxygen atoms in total. The monoisotopic (exact) mass is 436 g/mol. The van der Waals surface area contributed by atoms with Crippen molar-refractivity contribution < 1.29 is 14.3 Å². The molecule has 1 aromatic heterocycles. The van der Waals surface area contributed by atoms with Crippen molar-refractivity contribution in [3.8, 4) is 0 Å². The van der Waals surface area contributed by atoms with Gasteiger partial charge in [0.15, 0.2) is 0 Å². The number of hydrogen-bond donors (Lipinski definition) is 1. The van der Waals surface area contributed by atoms with Gasteiger partial charge in [0.25, 0.3) is 11.8 Å². The van der Waals surface area contributed by atoms with Crippen LogP contribution >= 0.6 is 0 Å². The number of aliphatic imine (C=N–C) groups is 2. The van der Waals surface area contributed by atoms with E-state index in [0.29, 0.717) is 37.4 Å². The molecule has 1 fully saturated rings. The third kappa shape index (κ3) is 4.34. The lowest BCUT2D eigenvalue weighted by molar-refractivity contribution is 0.0647. The summed E-state index contributed by atoms with van der Waals surface area (Å²) >= 11 is 0. The summed E-state index contributed by atoms with van der Waals surface area (Å²) in [6.07, 6.45) is 5.49. The van der Waals surface area contributed by atoms with Gasteiger partial charge in [0.2, 0.25) is 0 Å². The van der Waals surface area contributed by atoms with Crippen LogP contribution in [0.15, 0.2) is 46.5 Å². The molecule has 1 unspecified atom stereocenters. The van der Waals surface area contributed by atoms with E-state index in [2.05, 4.69) is 15.4 Å². The lowest BCUT2D eigenvalue weighted by Gasteiger charge is -2.30. The maximum absolute atomic E-state index is 12.8. The van der Waals surface area contributed by atoms with E-state index >= 15 is 0 Å². The summed E-state index contributed by atoms with van der Waals surface area (Å²) < 4.78 is 6.73. The third-order valence-electron chi connectivity index (χ3n) is 5.88. The molecular formula is C23H28N6O3. The fraction of sp³-hybridized carbons (Fsp3) is 0.435. The number of carbonyl (C=O) groups is 2. The van der Waals surface area contributed by atoms with Crippen LogP contribution in [0.25, 0.3) is 0 Å². The number of carbonyl (C=O) groups excluding carboxylic acids is 2. The van der Waals surface area contributed by atoms with E-state index < -0.39 is 5.54 Å². The topological polar surface area (TPSA) is 101 Å². The predicted molar refractivity (Wildman–Crippen MR) is 121 cm³/mol. The normalized spacial score (nSPS) is 19.6. The highest BCUT2D eigenvalue weighted by atomic mass is 16.5. The Labute approximate surface area is 187 Å². The van der Waals surface area contributed by atoms with Gasteiger partial charge in [-0.1, -0.05) is 30.3 Å². The second kappa shape index (κ2) is 9.44. The van der Waals surface area contributed by atoms with Gasteiger partial charge in [-0.15, -0.1) is 0 Å². The first-order chi connectivity index (χ1) is 15.5. The van der Waals surface area contributed by atoms with E-state index in [-0.39, 0.29) is 17.5 Å². The molecule has 9 heteroatoms. The van der Waals surface area contributed by atoms with Gasteiger partial charge in [-0.3, -0.25) is 19.3 Å². The Bertz CT molecular complexity index is 1040. The molecule has 2 aliphatic rings. The second-order valence-electron chi connectivity index (χ2n) is 8.00. The quantitative estimate of drug-likeness (QED) is 0.648. The van der Waals surface area contributed by atoms with E-state index in [1.165, 1.54) is 10.9 Å². The molecule has 32 heavy (non-hydrogen) atoms. The molecule has 2 amide bonds. The van der Waals surface area contributed by atoms with Gasteiger partial charge in [0, 0.05) is 59.5 Å². The largest absolute Gasteiger partial charge is 0.385 e. The number of amides is 2. The first-order valence-electron chi connectivity index (χ1n) is 10.8. The summed E-state index contributed by atoms with van der Waals surface area (Å²) in [7, 11) is 3.33. The first-order valence-corrected chi connectivity index (χ1v) is 10.8. The van der Waals surface area contributed by atoms with E-state index in [1.54, 1.807) is 19.1 Å². The highest BCUT2D eigenvalue weighted by molar-refractivity contribution is 6.06. The fourth-order valence-electron chi connectivity index (χ4n) is 3.90. The average molecular weight is 437 g/mol. The number of ether oxygens (including phenoxy) is 1. The van der Waals surface area contributed by atoms with Crippen LogP contribution in [0.2, 0.25) is 0 Å². The summed E-state index contributed by atoms with van der Waals surface area (Å²) in [5.41, 5.74) is 1.13. The van der Waals surface area contributed by atoms with Crippen LogP contribution in [0.4, 0.5) is 0 Å². The minimum absolute atomic E-state index is 0.148. The van der Waals surface area contributed by atoms with Crippen LogP contribution in [0.3, 0.4) is 0 Å². The zero-order valence-electron chi connectivity index (χ0n) is 18.5. The molecule has 1 atom stereocenters. The smallest absolute Gasteiger partial charge is 0.270 e. The van der Waals surface area contributed by atoms with E-state index in [4.69, 9.17) is 9.73 Å². The van der Waals surface area contributed by atoms with Gasteiger partial charge in [-0.05, 0) is 12.0 Å². The lowest BCUT2D eigenvalue weighted by atomic mass is 9.89. The predicted octanol–water partition coefficient (Wildman–Crippen LogP) is 1.80. The lowest BCUT2D eigenvalue weighted by Crippen LogP contribution is -2.43. The van der Waals surface area contributed by atoms with Gasteiger partial charge in [0.05, 0.1) is 11.8 Å². The van der Waals surface area contributed by atoms with Crippen molar-refractivity contribution in [1.82, 2.24) is 20.0 Å². The summed E-state index contributed by atoms with van der Waals surface area (Å²) in [5, 5.41) is 7.00. The van der Waals surface area contributed by atoms with Crippen molar-refractivity contribution in [2.24, 2.45) is 17.0 Å². The number of hydrogen-bond acceptors (Lipinski definition) is 6. The maximum Gasteiger partial charge on any atom is 0.270 e. The van der Waals surface area contributed by atoms with E-state index in [1.807, 2.05) is 36.5 Å². The van der Waals surface area contributed by atoms with E-state index in [9.17, 15) is 9.59 Å². The van der Waals surface area contributed by atoms with Crippen LogP contribution in [0, 0.1) is 0 Å². The van der Waals surface area contributed by atoms with Crippen LogP contribution in [-0.2, 0) is 17.3 Å². The average Bonchev–Trinajstić information content (AvgIpc) is 3.36. The number of nitrogens with one attached hydrogen (secondary N) is 1. The number of methoxy groups -OCH3 is 1. The minimum atomic E-state index is -0.546.